The van der Waals surface area contributed by atoms with Crippen LogP contribution in [-0.4, -0.2) is 38.0 Å². The Kier molecular flexibility index (Phi) is 7.10. The maximum absolute atomic E-state index is 13.0. The predicted octanol–water partition coefficient (Wildman–Crippen LogP) is 2.82. The van der Waals surface area contributed by atoms with Crippen LogP contribution < -0.4 is 16.0 Å². The SMILES string of the molecule is CCNC(=NCC1(c2cccc(C(F)(F)F)c2)CCC1)NCCNC(C)=O. The van der Waals surface area contributed by atoms with Crippen molar-refractivity contribution in [3.63, 3.8) is 0 Å². The second kappa shape index (κ2) is 9.10. The number of benzene rings is 1. The minimum absolute atomic E-state index is 0.100. The molecule has 3 N–H and O–H groups in total. The van der Waals surface area contributed by atoms with E-state index in [2.05, 4.69) is 20.9 Å². The van der Waals surface area contributed by atoms with E-state index in [1.54, 1.807) is 6.07 Å². The van der Waals surface area contributed by atoms with E-state index in [1.807, 2.05) is 6.92 Å². The van der Waals surface area contributed by atoms with Gasteiger partial charge >= 0.3 is 6.18 Å². The number of carbonyl (C=O) groups excluding carboxylic acids is 1. The number of amides is 1. The summed E-state index contributed by atoms with van der Waals surface area (Å²) in [5.41, 5.74) is -0.265. The number of hydrogen-bond donors (Lipinski definition) is 3. The quantitative estimate of drug-likeness (QED) is 0.385. The number of halogens is 3. The Morgan fingerprint density at radius 1 is 1.19 bits per heavy atom. The van der Waals surface area contributed by atoms with E-state index in [1.165, 1.54) is 19.1 Å². The van der Waals surface area contributed by atoms with Gasteiger partial charge in [-0.15, -0.1) is 0 Å². The standard InChI is InChI=1S/C19H27F3N4O/c1-3-23-17(25-11-10-24-14(2)27)26-13-18(8-5-9-18)15-6-4-7-16(12-15)19(20,21)22/h4,6-7,12H,3,5,8-11,13H2,1-2H3,(H,24,27)(H2,23,25,26). The number of carbonyl (C=O) groups is 1. The zero-order chi connectivity index (χ0) is 19.9. The summed E-state index contributed by atoms with van der Waals surface area (Å²) in [4.78, 5) is 15.5. The fraction of sp³-hybridized carbons (Fsp3) is 0.579. The number of aliphatic imine (C=N–C) groups is 1. The third kappa shape index (κ3) is 5.87. The second-order valence-corrected chi connectivity index (χ2v) is 6.82. The van der Waals surface area contributed by atoms with E-state index in [9.17, 15) is 18.0 Å². The minimum atomic E-state index is -4.34. The molecule has 1 saturated carbocycles. The van der Waals surface area contributed by atoms with Crippen LogP contribution in [0.1, 0.15) is 44.2 Å². The Hall–Kier alpha value is -2.25. The molecule has 27 heavy (non-hydrogen) atoms. The van der Waals surface area contributed by atoms with Gasteiger partial charge in [-0.05, 0) is 31.4 Å². The molecule has 8 heteroatoms. The van der Waals surface area contributed by atoms with Crippen LogP contribution in [0.4, 0.5) is 13.2 Å². The van der Waals surface area contributed by atoms with Gasteiger partial charge in [0.2, 0.25) is 5.91 Å². The van der Waals surface area contributed by atoms with Gasteiger partial charge in [-0.25, -0.2) is 0 Å². The van der Waals surface area contributed by atoms with Gasteiger partial charge in [0.05, 0.1) is 12.1 Å². The Morgan fingerprint density at radius 2 is 1.89 bits per heavy atom. The second-order valence-electron chi connectivity index (χ2n) is 6.82. The van der Waals surface area contributed by atoms with Crippen molar-refractivity contribution in [1.82, 2.24) is 16.0 Å². The number of hydrogen-bond acceptors (Lipinski definition) is 2. The third-order valence-corrected chi connectivity index (χ3v) is 4.79. The Bertz CT molecular complexity index is 669. The van der Waals surface area contributed by atoms with Crippen molar-refractivity contribution in [1.29, 1.82) is 0 Å². The molecule has 0 spiro atoms. The highest BCUT2D eigenvalue weighted by molar-refractivity contribution is 5.80. The molecule has 2 rings (SSSR count). The molecule has 1 amide bonds. The van der Waals surface area contributed by atoms with Crippen molar-refractivity contribution >= 4 is 11.9 Å². The average Bonchev–Trinajstić information content (AvgIpc) is 2.57. The van der Waals surface area contributed by atoms with Crippen LogP contribution in [0.2, 0.25) is 0 Å². The van der Waals surface area contributed by atoms with Crippen LogP contribution >= 0.6 is 0 Å². The molecule has 5 nitrogen and oxygen atoms in total. The minimum Gasteiger partial charge on any atom is -0.357 e. The molecule has 0 heterocycles. The first-order valence-electron chi connectivity index (χ1n) is 9.21. The molecule has 0 atom stereocenters. The van der Waals surface area contributed by atoms with E-state index in [4.69, 9.17) is 0 Å². The Balaban J connectivity index is 2.09. The fourth-order valence-electron chi connectivity index (χ4n) is 3.16. The smallest absolute Gasteiger partial charge is 0.357 e. The lowest BCUT2D eigenvalue weighted by atomic mass is 9.64. The zero-order valence-corrected chi connectivity index (χ0v) is 15.7. The van der Waals surface area contributed by atoms with E-state index in [0.717, 1.165) is 25.3 Å². The largest absolute Gasteiger partial charge is 0.416 e. The van der Waals surface area contributed by atoms with Gasteiger partial charge in [0.25, 0.3) is 0 Å². The highest BCUT2D eigenvalue weighted by Gasteiger charge is 2.40. The normalized spacial score (nSPS) is 16.4. The molecule has 1 aliphatic carbocycles. The lowest BCUT2D eigenvalue weighted by Crippen LogP contribution is -2.43. The first-order valence-corrected chi connectivity index (χ1v) is 9.21. The van der Waals surface area contributed by atoms with Crippen LogP contribution in [0.3, 0.4) is 0 Å². The summed E-state index contributed by atoms with van der Waals surface area (Å²) in [6.45, 7) is 5.47. The molecule has 0 aromatic heterocycles. The van der Waals surface area contributed by atoms with Crippen molar-refractivity contribution in [3.8, 4) is 0 Å². The third-order valence-electron chi connectivity index (χ3n) is 4.79. The highest BCUT2D eigenvalue weighted by Crippen LogP contribution is 2.45. The Labute approximate surface area is 157 Å². The van der Waals surface area contributed by atoms with Gasteiger partial charge in [0, 0.05) is 32.0 Å². The predicted molar refractivity (Wildman–Crippen MR) is 99.6 cm³/mol. The molecule has 0 radical (unpaired) electrons. The highest BCUT2D eigenvalue weighted by atomic mass is 19.4. The molecule has 1 aliphatic rings. The van der Waals surface area contributed by atoms with Crippen molar-refractivity contribution in [2.75, 3.05) is 26.2 Å². The number of alkyl halides is 3. The fourth-order valence-corrected chi connectivity index (χ4v) is 3.16. The van der Waals surface area contributed by atoms with Gasteiger partial charge < -0.3 is 16.0 Å². The van der Waals surface area contributed by atoms with Gasteiger partial charge in [0.15, 0.2) is 5.96 Å². The number of guanidine groups is 1. The van der Waals surface area contributed by atoms with Crippen molar-refractivity contribution in [3.05, 3.63) is 35.4 Å². The summed E-state index contributed by atoms with van der Waals surface area (Å²) in [7, 11) is 0. The van der Waals surface area contributed by atoms with E-state index < -0.39 is 11.7 Å². The Morgan fingerprint density at radius 3 is 2.44 bits per heavy atom. The van der Waals surface area contributed by atoms with Gasteiger partial charge in [-0.1, -0.05) is 24.6 Å². The van der Waals surface area contributed by atoms with Crippen LogP contribution in [-0.2, 0) is 16.4 Å². The lowest BCUT2D eigenvalue weighted by molar-refractivity contribution is -0.137. The van der Waals surface area contributed by atoms with E-state index in [0.29, 0.717) is 37.7 Å². The summed E-state index contributed by atoms with van der Waals surface area (Å²) in [6, 6.07) is 5.60. The monoisotopic (exact) mass is 384 g/mol. The summed E-state index contributed by atoms with van der Waals surface area (Å²) >= 11 is 0. The first kappa shape index (κ1) is 21.1. The molecular weight excluding hydrogens is 357 g/mol. The molecule has 0 bridgehead atoms. The van der Waals surface area contributed by atoms with E-state index in [-0.39, 0.29) is 11.3 Å². The average molecular weight is 384 g/mol. The van der Waals surface area contributed by atoms with Crippen LogP contribution in [0.5, 0.6) is 0 Å². The van der Waals surface area contributed by atoms with Crippen LogP contribution in [0.25, 0.3) is 0 Å². The van der Waals surface area contributed by atoms with Gasteiger partial charge in [0.1, 0.15) is 0 Å². The topological polar surface area (TPSA) is 65.5 Å². The van der Waals surface area contributed by atoms with Gasteiger partial charge in [-0.2, -0.15) is 13.2 Å². The van der Waals surface area contributed by atoms with Crippen molar-refractivity contribution in [2.45, 2.75) is 44.7 Å². The summed E-state index contributed by atoms with van der Waals surface area (Å²) < 4.78 is 39.1. The molecule has 0 aliphatic heterocycles. The van der Waals surface area contributed by atoms with Crippen molar-refractivity contribution < 1.29 is 18.0 Å². The summed E-state index contributed by atoms with van der Waals surface area (Å²) in [5.74, 6) is 0.498. The number of nitrogens with zero attached hydrogens (tertiary/aromatic N) is 1. The summed E-state index contributed by atoms with van der Waals surface area (Å²) in [6.07, 6.45) is -1.71. The maximum atomic E-state index is 13.0. The summed E-state index contributed by atoms with van der Waals surface area (Å²) in [5, 5.41) is 8.95. The first-order chi connectivity index (χ1) is 12.8. The number of rotatable bonds is 7. The van der Waals surface area contributed by atoms with Crippen LogP contribution in [0, 0.1) is 0 Å². The molecule has 0 saturated heterocycles. The molecule has 1 aromatic carbocycles. The maximum Gasteiger partial charge on any atom is 0.416 e. The van der Waals surface area contributed by atoms with Crippen molar-refractivity contribution in [2.24, 2.45) is 4.99 Å². The van der Waals surface area contributed by atoms with Gasteiger partial charge in [-0.3, -0.25) is 9.79 Å². The molecule has 0 unspecified atom stereocenters. The van der Waals surface area contributed by atoms with E-state index >= 15 is 0 Å². The number of nitrogens with one attached hydrogen (secondary N) is 3. The molecule has 1 fully saturated rings. The molecule has 1 aromatic rings. The zero-order valence-electron chi connectivity index (χ0n) is 15.7. The molecular formula is C19H27F3N4O. The van der Waals surface area contributed by atoms with Crippen LogP contribution in [0.15, 0.2) is 29.3 Å². The lowest BCUT2D eigenvalue weighted by Gasteiger charge is -2.41. The molecule has 150 valence electrons.